The molecule has 0 radical (unpaired) electrons. The lowest BCUT2D eigenvalue weighted by molar-refractivity contribution is 0.708. The van der Waals surface area contributed by atoms with E-state index in [1.165, 1.54) is 5.69 Å². The highest BCUT2D eigenvalue weighted by molar-refractivity contribution is 14.3. The second kappa shape index (κ2) is 4.07. The first-order chi connectivity index (χ1) is 5.05. The van der Waals surface area contributed by atoms with Gasteiger partial charge in [-0.2, -0.15) is 5.10 Å². The first-order valence-electron chi connectivity index (χ1n) is 3.16. The molecule has 0 aliphatic heterocycles. The van der Waals surface area contributed by atoms with E-state index >= 15 is 0 Å². The van der Waals surface area contributed by atoms with Crippen LogP contribution in [0.25, 0.3) is 0 Å². The van der Waals surface area contributed by atoms with Gasteiger partial charge < -0.3 is 0 Å². The summed E-state index contributed by atoms with van der Waals surface area (Å²) in [6, 6.07) is 2.06. The molecule has 0 bridgehead atoms. The Morgan fingerprint density at radius 1 is 1.55 bits per heavy atom. The highest BCUT2D eigenvalue weighted by Gasteiger charge is 2.22. The van der Waals surface area contributed by atoms with Gasteiger partial charge in [0.05, 0.1) is 0 Å². The average Bonchev–Trinajstić information content (AvgIpc) is 2.31. The van der Waals surface area contributed by atoms with E-state index in [0.717, 1.165) is 6.42 Å². The molecule has 0 aliphatic rings. The number of halogens is 3. The van der Waals surface area contributed by atoms with Gasteiger partial charge in [-0.3, -0.25) is 0 Å². The fourth-order valence-electron chi connectivity index (χ4n) is 0.827. The Labute approximate surface area is 107 Å². The number of rotatable bonds is 2. The summed E-state index contributed by atoms with van der Waals surface area (Å²) in [5.41, 5.74) is 1.28. The lowest BCUT2D eigenvalue weighted by Crippen LogP contribution is -2.14. The van der Waals surface area contributed by atoms with Crippen LogP contribution in [-0.2, 0) is 5.98 Å². The standard InChI is InChI=1S/C6H7I3N2/c1-2-5-3-4-10-11(5)6(7,8)9/h3-4H,2H2,1H3. The number of alkyl halides is 3. The van der Waals surface area contributed by atoms with Crippen LogP contribution >= 0.6 is 67.8 Å². The van der Waals surface area contributed by atoms with Gasteiger partial charge in [0.1, 0.15) is 0 Å². The Morgan fingerprint density at radius 2 is 2.18 bits per heavy atom. The molecular weight excluding hydrogens is 481 g/mol. The molecule has 0 unspecified atom stereocenters. The Kier molecular flexibility index (Phi) is 3.88. The molecule has 0 atom stereocenters. The Hall–Kier alpha value is 1.40. The summed E-state index contributed by atoms with van der Waals surface area (Å²) in [7, 11) is 0. The summed E-state index contributed by atoms with van der Waals surface area (Å²) < 4.78 is 2.07. The van der Waals surface area contributed by atoms with Crippen LogP contribution in [0, 0.1) is 0 Å². The van der Waals surface area contributed by atoms with E-state index in [1.54, 1.807) is 0 Å². The van der Waals surface area contributed by atoms with E-state index in [9.17, 15) is 0 Å². The summed E-state index contributed by atoms with van der Waals surface area (Å²) >= 11 is 7.09. The molecule has 11 heavy (non-hydrogen) atoms. The van der Waals surface area contributed by atoms with Gasteiger partial charge in [0.25, 0.3) is 0 Å². The third kappa shape index (κ3) is 2.68. The van der Waals surface area contributed by atoms with Crippen LogP contribution in [0.15, 0.2) is 12.3 Å². The van der Waals surface area contributed by atoms with Crippen molar-refractivity contribution < 1.29 is 0 Å². The normalized spacial score (nSPS) is 12.0. The quantitative estimate of drug-likeness (QED) is 0.462. The van der Waals surface area contributed by atoms with Crippen molar-refractivity contribution >= 4 is 67.8 Å². The molecule has 0 saturated carbocycles. The minimum atomic E-state index is 0.0299. The Balaban J connectivity index is 3.02. The monoisotopic (exact) mass is 488 g/mol. The first kappa shape index (κ1) is 10.5. The number of nitrogens with zero attached hydrogens (tertiary/aromatic N) is 2. The maximum absolute atomic E-state index is 4.25. The van der Waals surface area contributed by atoms with Gasteiger partial charge in [0.2, 0.25) is -0.441 Å². The van der Waals surface area contributed by atoms with Gasteiger partial charge in [-0.15, -0.1) is 0 Å². The third-order valence-corrected chi connectivity index (χ3v) is 2.69. The first-order valence-corrected chi connectivity index (χ1v) is 6.39. The molecule has 5 heteroatoms. The number of hydrogen-bond acceptors (Lipinski definition) is 1. The maximum Gasteiger partial charge on any atom is 0.213 e. The highest BCUT2D eigenvalue weighted by Crippen LogP contribution is 2.41. The van der Waals surface area contributed by atoms with Crippen molar-refractivity contribution in [3.63, 3.8) is 0 Å². The zero-order valence-corrected chi connectivity index (χ0v) is 12.4. The summed E-state index contributed by atoms with van der Waals surface area (Å²) in [5, 5.41) is 4.25. The van der Waals surface area contributed by atoms with E-state index in [1.807, 2.05) is 10.9 Å². The lowest BCUT2D eigenvalue weighted by Gasteiger charge is -2.15. The summed E-state index contributed by atoms with van der Waals surface area (Å²) in [6.07, 6.45) is 2.89. The summed E-state index contributed by atoms with van der Waals surface area (Å²) in [5.74, 6) is 0. The minimum Gasteiger partial charge on any atom is -0.234 e. The molecule has 1 heterocycles. The van der Waals surface area contributed by atoms with Crippen molar-refractivity contribution in [3.05, 3.63) is 18.0 Å². The molecule has 0 spiro atoms. The molecule has 0 aromatic carbocycles. The zero-order valence-electron chi connectivity index (χ0n) is 5.89. The van der Waals surface area contributed by atoms with Gasteiger partial charge in [0.15, 0.2) is 0 Å². The Bertz CT molecular complexity index is 238. The van der Waals surface area contributed by atoms with Crippen LogP contribution in [0.2, 0.25) is 0 Å². The van der Waals surface area contributed by atoms with Crippen molar-refractivity contribution in [2.45, 2.75) is 12.9 Å². The van der Waals surface area contributed by atoms with Crippen molar-refractivity contribution in [1.29, 1.82) is 0 Å². The largest absolute Gasteiger partial charge is 0.234 e. The van der Waals surface area contributed by atoms with E-state index in [-0.39, 0.29) is -0.441 Å². The van der Waals surface area contributed by atoms with E-state index in [4.69, 9.17) is 0 Å². The highest BCUT2D eigenvalue weighted by atomic mass is 127. The molecule has 0 N–H and O–H groups in total. The van der Waals surface area contributed by atoms with Gasteiger partial charge in [-0.1, -0.05) is 6.92 Å². The molecule has 0 amide bonds. The van der Waals surface area contributed by atoms with E-state index in [2.05, 4.69) is 85.9 Å². The van der Waals surface area contributed by atoms with Gasteiger partial charge in [-0.05, 0) is 80.3 Å². The molecule has 62 valence electrons. The van der Waals surface area contributed by atoms with Crippen LogP contribution in [0.5, 0.6) is 0 Å². The number of hydrogen-bond donors (Lipinski definition) is 0. The van der Waals surface area contributed by atoms with Crippen LogP contribution in [0.1, 0.15) is 12.6 Å². The molecule has 0 saturated heterocycles. The van der Waals surface area contributed by atoms with Crippen LogP contribution in [0.3, 0.4) is 0 Å². The van der Waals surface area contributed by atoms with Crippen LogP contribution in [-0.4, -0.2) is 9.78 Å². The second-order valence-corrected chi connectivity index (χ2v) is 12.9. The lowest BCUT2D eigenvalue weighted by atomic mass is 10.3. The van der Waals surface area contributed by atoms with Crippen LogP contribution in [0.4, 0.5) is 0 Å². The zero-order chi connectivity index (χ0) is 8.48. The smallest absolute Gasteiger partial charge is 0.213 e. The van der Waals surface area contributed by atoms with Crippen molar-refractivity contribution in [2.24, 2.45) is 0 Å². The topological polar surface area (TPSA) is 17.8 Å². The third-order valence-electron chi connectivity index (χ3n) is 1.32. The van der Waals surface area contributed by atoms with E-state index in [0.29, 0.717) is 0 Å². The SMILES string of the molecule is CCc1ccnn1C(I)(I)I. The molecule has 1 aromatic rings. The number of aromatic nitrogens is 2. The summed E-state index contributed by atoms with van der Waals surface area (Å²) in [6.45, 7) is 2.14. The fourth-order valence-corrected chi connectivity index (χ4v) is 2.13. The molecular formula is C6H7I3N2. The van der Waals surface area contributed by atoms with Crippen LogP contribution < -0.4 is 0 Å². The minimum absolute atomic E-state index is 0.0299. The molecule has 2 nitrogen and oxygen atoms in total. The summed E-state index contributed by atoms with van der Waals surface area (Å²) in [4.78, 5) is 0. The average molecular weight is 488 g/mol. The fraction of sp³-hybridized carbons (Fsp3) is 0.500. The van der Waals surface area contributed by atoms with Gasteiger partial charge >= 0.3 is 0 Å². The number of aryl methyl sites for hydroxylation is 1. The Morgan fingerprint density at radius 3 is 2.55 bits per heavy atom. The predicted octanol–water partition coefficient (Wildman–Crippen LogP) is 3.32. The molecule has 1 aromatic heterocycles. The predicted molar refractivity (Wildman–Crippen MR) is 71.6 cm³/mol. The second-order valence-electron chi connectivity index (χ2n) is 2.06. The maximum atomic E-state index is 4.25. The van der Waals surface area contributed by atoms with Gasteiger partial charge in [0, 0.05) is 11.9 Å². The molecule has 1 rings (SSSR count). The van der Waals surface area contributed by atoms with Crippen molar-refractivity contribution in [2.75, 3.05) is 0 Å². The van der Waals surface area contributed by atoms with E-state index < -0.39 is 0 Å². The van der Waals surface area contributed by atoms with Gasteiger partial charge in [-0.25, -0.2) is 4.68 Å². The molecule has 0 aliphatic carbocycles. The van der Waals surface area contributed by atoms with Crippen molar-refractivity contribution in [3.8, 4) is 0 Å². The molecule has 0 fully saturated rings. The van der Waals surface area contributed by atoms with Crippen molar-refractivity contribution in [1.82, 2.24) is 9.78 Å².